The first-order chi connectivity index (χ1) is 13.7. The van der Waals surface area contributed by atoms with E-state index in [1.807, 2.05) is 0 Å². The Hall–Kier alpha value is -3.69. The topological polar surface area (TPSA) is 97.0 Å². The van der Waals surface area contributed by atoms with Gasteiger partial charge in [0.1, 0.15) is 11.9 Å². The normalized spacial score (nSPS) is 16.0. The van der Waals surface area contributed by atoms with E-state index in [2.05, 4.69) is 20.3 Å². The Bertz CT molecular complexity index is 1170. The summed E-state index contributed by atoms with van der Waals surface area (Å²) in [6.07, 6.45) is -3.37. The minimum absolute atomic E-state index is 0.0140. The third kappa shape index (κ3) is 3.56. The number of H-pyrrole nitrogens is 1. The summed E-state index contributed by atoms with van der Waals surface area (Å²) in [6, 6.07) is 5.92. The van der Waals surface area contributed by atoms with Crippen molar-refractivity contribution in [2.45, 2.75) is 19.2 Å². The number of aromatic amines is 1. The summed E-state index contributed by atoms with van der Waals surface area (Å²) in [5, 5.41) is 2.43. The lowest BCUT2D eigenvalue weighted by Gasteiger charge is -2.25. The van der Waals surface area contributed by atoms with E-state index in [0.29, 0.717) is 11.1 Å². The van der Waals surface area contributed by atoms with E-state index in [1.54, 1.807) is 6.92 Å². The van der Waals surface area contributed by atoms with Crippen LogP contribution in [0.25, 0.3) is 22.5 Å². The number of pyridine rings is 3. The number of alkyl halides is 3. The van der Waals surface area contributed by atoms with Crippen LogP contribution in [0.4, 0.5) is 23.8 Å². The van der Waals surface area contributed by atoms with E-state index in [9.17, 15) is 22.8 Å². The molecule has 7 nitrogen and oxygen atoms in total. The predicted molar refractivity (Wildman–Crippen MR) is 97.0 cm³/mol. The number of hydrogen-bond donors (Lipinski definition) is 2. The third-order valence-corrected chi connectivity index (χ3v) is 4.40. The van der Waals surface area contributed by atoms with Crippen molar-refractivity contribution in [2.75, 3.05) is 5.32 Å². The molecule has 3 aromatic heterocycles. The molecule has 10 heteroatoms. The first kappa shape index (κ1) is 18.7. The van der Waals surface area contributed by atoms with Crippen molar-refractivity contribution in [3.05, 3.63) is 64.2 Å². The molecule has 1 aliphatic rings. The van der Waals surface area contributed by atoms with Gasteiger partial charge in [0, 0.05) is 35.2 Å². The van der Waals surface area contributed by atoms with E-state index in [4.69, 9.17) is 4.74 Å². The number of aromatic nitrogens is 3. The first-order valence-electron chi connectivity index (χ1n) is 8.47. The van der Waals surface area contributed by atoms with Crippen LogP contribution in [0.3, 0.4) is 0 Å². The molecule has 2 N–H and O–H groups in total. The number of nitrogens with zero attached hydrogens (tertiary/aromatic N) is 2. The molecule has 0 saturated heterocycles. The second-order valence-electron chi connectivity index (χ2n) is 6.36. The van der Waals surface area contributed by atoms with Crippen LogP contribution in [-0.2, 0) is 10.9 Å². The van der Waals surface area contributed by atoms with Crippen molar-refractivity contribution < 1.29 is 22.7 Å². The van der Waals surface area contributed by atoms with Gasteiger partial charge >= 0.3 is 12.3 Å². The second kappa shape index (κ2) is 6.73. The number of halogens is 3. The fraction of sp³-hybridized carbons (Fsp3) is 0.158. The highest BCUT2D eigenvalue weighted by atomic mass is 19.4. The monoisotopic (exact) mass is 402 g/mol. The maximum atomic E-state index is 13.5. The molecule has 1 aliphatic heterocycles. The Morgan fingerprint density at radius 1 is 1.10 bits per heavy atom. The van der Waals surface area contributed by atoms with Crippen LogP contribution in [0.15, 0.2) is 47.5 Å². The largest absolute Gasteiger partial charge is 0.441 e. The van der Waals surface area contributed by atoms with Crippen molar-refractivity contribution >= 4 is 11.9 Å². The maximum Gasteiger partial charge on any atom is 0.416 e. The predicted octanol–water partition coefficient (Wildman–Crippen LogP) is 4.14. The highest BCUT2D eigenvalue weighted by Gasteiger charge is 2.33. The van der Waals surface area contributed by atoms with Crippen LogP contribution in [0.5, 0.6) is 0 Å². The summed E-state index contributed by atoms with van der Waals surface area (Å²) in [7, 11) is 0. The number of amides is 1. The molecule has 29 heavy (non-hydrogen) atoms. The number of fused-ring (bicyclic) bond motifs is 1. The number of nitrogens with one attached hydrogen (secondary N) is 2. The van der Waals surface area contributed by atoms with Gasteiger partial charge in [0.05, 0.1) is 17.0 Å². The molecule has 1 atom stereocenters. The van der Waals surface area contributed by atoms with Gasteiger partial charge in [0.2, 0.25) is 5.56 Å². The summed E-state index contributed by atoms with van der Waals surface area (Å²) in [4.78, 5) is 34.0. The lowest BCUT2D eigenvalue weighted by molar-refractivity contribution is -0.137. The molecule has 0 aliphatic carbocycles. The van der Waals surface area contributed by atoms with E-state index in [-0.39, 0.29) is 22.8 Å². The van der Waals surface area contributed by atoms with Crippen molar-refractivity contribution in [2.24, 2.45) is 0 Å². The Labute approximate surface area is 161 Å². The quantitative estimate of drug-likeness (QED) is 0.672. The van der Waals surface area contributed by atoms with Crippen LogP contribution >= 0.6 is 0 Å². The molecular formula is C19H13F3N4O3. The van der Waals surface area contributed by atoms with Gasteiger partial charge in [0.15, 0.2) is 0 Å². The van der Waals surface area contributed by atoms with Crippen LogP contribution in [0.1, 0.15) is 24.2 Å². The molecule has 0 fully saturated rings. The summed E-state index contributed by atoms with van der Waals surface area (Å²) < 4.78 is 45.7. The molecule has 0 aromatic carbocycles. The van der Waals surface area contributed by atoms with Crippen molar-refractivity contribution in [3.63, 3.8) is 0 Å². The Morgan fingerprint density at radius 2 is 1.86 bits per heavy atom. The number of carbonyl (C=O) groups excluding carboxylic acids is 1. The molecule has 3 aromatic rings. The first-order valence-corrected chi connectivity index (χ1v) is 8.47. The lowest BCUT2D eigenvalue weighted by Crippen LogP contribution is -2.24. The molecule has 1 unspecified atom stereocenters. The number of hydrogen-bond acceptors (Lipinski definition) is 5. The summed E-state index contributed by atoms with van der Waals surface area (Å²) in [6.45, 7) is 1.59. The molecule has 148 valence electrons. The Morgan fingerprint density at radius 3 is 2.59 bits per heavy atom. The van der Waals surface area contributed by atoms with E-state index >= 15 is 0 Å². The summed E-state index contributed by atoms with van der Waals surface area (Å²) in [5.74, 6) is 0.197. The summed E-state index contributed by atoms with van der Waals surface area (Å²) >= 11 is 0. The Kier molecular flexibility index (Phi) is 4.33. The zero-order valence-electron chi connectivity index (χ0n) is 14.9. The maximum absolute atomic E-state index is 13.5. The molecule has 0 spiro atoms. The van der Waals surface area contributed by atoms with Gasteiger partial charge in [-0.05, 0) is 31.2 Å². The number of rotatable bonds is 2. The zero-order valence-corrected chi connectivity index (χ0v) is 14.9. The van der Waals surface area contributed by atoms with E-state index in [0.717, 1.165) is 12.1 Å². The van der Waals surface area contributed by atoms with Crippen LogP contribution in [0.2, 0.25) is 0 Å². The van der Waals surface area contributed by atoms with E-state index in [1.165, 1.54) is 30.6 Å². The van der Waals surface area contributed by atoms with Gasteiger partial charge in [-0.15, -0.1) is 0 Å². The minimum Gasteiger partial charge on any atom is -0.441 e. The van der Waals surface area contributed by atoms with Gasteiger partial charge in [-0.3, -0.25) is 10.1 Å². The molecule has 0 radical (unpaired) electrons. The minimum atomic E-state index is -4.63. The highest BCUT2D eigenvalue weighted by Crippen LogP contribution is 2.39. The van der Waals surface area contributed by atoms with Gasteiger partial charge in [-0.1, -0.05) is 0 Å². The SMILES string of the molecule is CC1OC(=O)Nc2nccc(-c3cc(C(F)(F)F)cc(-c4cc[nH]c(=O)c4)n3)c21. The van der Waals surface area contributed by atoms with Crippen molar-refractivity contribution in [3.8, 4) is 22.5 Å². The molecule has 4 rings (SSSR count). The molecule has 0 saturated carbocycles. The average Bonchev–Trinajstić information content (AvgIpc) is 2.66. The average molecular weight is 402 g/mol. The van der Waals surface area contributed by atoms with Crippen LogP contribution < -0.4 is 10.9 Å². The number of anilines is 1. The van der Waals surface area contributed by atoms with Crippen molar-refractivity contribution in [1.29, 1.82) is 0 Å². The molecule has 4 heterocycles. The lowest BCUT2D eigenvalue weighted by atomic mass is 9.98. The number of ether oxygens (including phenoxy) is 1. The van der Waals surface area contributed by atoms with Crippen LogP contribution in [-0.4, -0.2) is 21.0 Å². The number of carbonyl (C=O) groups is 1. The standard InChI is InChI=1S/C19H13F3N4O3/c1-9-16-12(3-5-24-17(16)26-18(28)29-9)14-8-11(19(20,21)22)7-13(25-14)10-2-4-23-15(27)6-10/h2-9H,1H3,(H,23,27)(H,24,26,28). The van der Waals surface area contributed by atoms with E-state index < -0.39 is 29.5 Å². The second-order valence-corrected chi connectivity index (χ2v) is 6.36. The molecular weight excluding hydrogens is 389 g/mol. The fourth-order valence-corrected chi connectivity index (χ4v) is 3.14. The Balaban J connectivity index is 1.96. The smallest absolute Gasteiger partial charge is 0.416 e. The third-order valence-electron chi connectivity index (χ3n) is 4.40. The fourth-order valence-electron chi connectivity index (χ4n) is 3.14. The van der Waals surface area contributed by atoms with Gasteiger partial charge < -0.3 is 9.72 Å². The van der Waals surface area contributed by atoms with Gasteiger partial charge in [0.25, 0.3) is 0 Å². The van der Waals surface area contributed by atoms with Crippen molar-refractivity contribution in [1.82, 2.24) is 15.0 Å². The molecule has 0 bridgehead atoms. The van der Waals surface area contributed by atoms with Gasteiger partial charge in [-0.2, -0.15) is 13.2 Å². The molecule has 1 amide bonds. The number of cyclic esters (lactones) is 1. The summed E-state index contributed by atoms with van der Waals surface area (Å²) in [5.41, 5.74) is -0.400. The van der Waals surface area contributed by atoms with Crippen LogP contribution in [0, 0.1) is 0 Å². The van der Waals surface area contributed by atoms with Gasteiger partial charge in [-0.25, -0.2) is 14.8 Å². The zero-order chi connectivity index (χ0) is 20.8. The highest BCUT2D eigenvalue weighted by molar-refractivity contribution is 5.89.